The number of carbonyl (C=O) groups is 3. The minimum Gasteiger partial charge on any atom is -0.545 e. The number of aliphatic carboxylic acids is 1. The Hall–Kier alpha value is -3.27. The van der Waals surface area contributed by atoms with Crippen molar-refractivity contribution in [3.05, 3.63) is 72.9 Å². The van der Waals surface area contributed by atoms with E-state index in [1.165, 1.54) is 148 Å². The fourth-order valence-electron chi connectivity index (χ4n) is 8.36. The minimum absolute atomic E-state index is 0.147. The molecule has 73 heavy (non-hydrogen) atoms. The first kappa shape index (κ1) is 69.7. The summed E-state index contributed by atoms with van der Waals surface area (Å²) in [5, 5.41) is 11.8. The number of carboxylic acid groups (broad SMARTS) is 1. The summed E-state index contributed by atoms with van der Waals surface area (Å²) in [5.74, 6) is -2.27. The van der Waals surface area contributed by atoms with Crippen molar-refractivity contribution in [2.24, 2.45) is 0 Å². The third-order valence-corrected chi connectivity index (χ3v) is 13.0. The van der Waals surface area contributed by atoms with Crippen molar-refractivity contribution in [2.75, 3.05) is 47.5 Å². The van der Waals surface area contributed by atoms with Crippen LogP contribution in [0.4, 0.5) is 0 Å². The smallest absolute Gasteiger partial charge is 0.306 e. The first-order valence-electron chi connectivity index (χ1n) is 30.1. The summed E-state index contributed by atoms with van der Waals surface area (Å²) < 4.78 is 22.7. The number of ether oxygens (including phenoxy) is 4. The maximum atomic E-state index is 12.9. The third-order valence-electron chi connectivity index (χ3n) is 13.0. The second-order valence-corrected chi connectivity index (χ2v) is 21.3. The Morgan fingerprint density at radius 1 is 0.425 bits per heavy atom. The Bertz CT molecular complexity index is 1420. The first-order valence-corrected chi connectivity index (χ1v) is 30.1. The lowest BCUT2D eigenvalue weighted by Gasteiger charge is -2.26. The molecule has 0 spiro atoms. The summed E-state index contributed by atoms with van der Waals surface area (Å²) in [4.78, 5) is 37.3. The molecule has 0 amide bonds. The Kier molecular flexibility index (Phi) is 52.5. The molecule has 0 radical (unpaired) electrons. The molecule has 0 aliphatic rings. The van der Waals surface area contributed by atoms with Crippen molar-refractivity contribution in [1.82, 2.24) is 0 Å². The first-order chi connectivity index (χ1) is 35.6. The highest BCUT2D eigenvalue weighted by atomic mass is 16.7. The van der Waals surface area contributed by atoms with E-state index < -0.39 is 24.3 Å². The number of nitrogens with zero attached hydrogens (tertiary/aromatic N) is 1. The van der Waals surface area contributed by atoms with Crippen LogP contribution in [-0.2, 0) is 33.3 Å². The average molecular weight is 1020 g/mol. The molecule has 0 aliphatic carbocycles. The number of unbranched alkanes of at least 4 members (excludes halogenated alkanes) is 28. The topological polar surface area (TPSA) is 111 Å². The number of carbonyl (C=O) groups excluding carboxylic acids is 3. The van der Waals surface area contributed by atoms with Crippen LogP contribution in [0.3, 0.4) is 0 Å². The largest absolute Gasteiger partial charge is 0.545 e. The fraction of sp³-hybridized carbons (Fsp3) is 0.766. The summed E-state index contributed by atoms with van der Waals surface area (Å²) in [7, 11) is 5.92. The summed E-state index contributed by atoms with van der Waals surface area (Å²) in [6.07, 6.45) is 68.1. The molecule has 0 aliphatic heterocycles. The van der Waals surface area contributed by atoms with Crippen molar-refractivity contribution in [2.45, 2.75) is 270 Å². The lowest BCUT2D eigenvalue weighted by atomic mass is 10.0. The van der Waals surface area contributed by atoms with Gasteiger partial charge in [0.1, 0.15) is 13.2 Å². The van der Waals surface area contributed by atoms with Crippen LogP contribution in [0.25, 0.3) is 0 Å². The van der Waals surface area contributed by atoms with Gasteiger partial charge in [-0.3, -0.25) is 9.59 Å². The second kappa shape index (κ2) is 55.0. The molecular formula is C64H113NO8. The van der Waals surface area contributed by atoms with E-state index >= 15 is 0 Å². The second-order valence-electron chi connectivity index (χ2n) is 21.3. The monoisotopic (exact) mass is 1020 g/mol. The van der Waals surface area contributed by atoms with Crippen molar-refractivity contribution in [1.29, 1.82) is 0 Å². The fourth-order valence-corrected chi connectivity index (χ4v) is 8.36. The van der Waals surface area contributed by atoms with Crippen LogP contribution in [0.1, 0.15) is 258 Å². The Morgan fingerprint density at radius 2 is 0.781 bits per heavy atom. The van der Waals surface area contributed by atoms with Gasteiger partial charge < -0.3 is 33.3 Å². The standard InChI is InChI=1S/C64H113NO8/c1-6-8-10-12-14-16-18-20-22-23-24-25-26-27-28-29-30-31-32-33-34-35-36-37-38-39-41-43-45-47-49-51-53-55-62(67)73-60(59-72-64(63(68)69)70-57-56-65(3,4)5)58-71-61(66)54-52-50-48-46-44-42-40-21-19-17-15-13-11-9-7-2/h8,10,14,16,20,22,24-25,27-28,30-31,60,64H,6-7,9,11-13,15,17-19,21,23,26,29,32-59H2,1-5H3/b10-8-,16-14-,22-20-,25-24-,28-27-,31-30-. The van der Waals surface area contributed by atoms with E-state index in [4.69, 9.17) is 18.9 Å². The molecule has 0 heterocycles. The lowest BCUT2D eigenvalue weighted by molar-refractivity contribution is -0.870. The maximum absolute atomic E-state index is 12.9. The van der Waals surface area contributed by atoms with E-state index in [2.05, 4.69) is 86.8 Å². The predicted octanol–water partition coefficient (Wildman–Crippen LogP) is 16.5. The lowest BCUT2D eigenvalue weighted by Crippen LogP contribution is -2.44. The molecule has 9 heteroatoms. The zero-order valence-corrected chi connectivity index (χ0v) is 48.0. The maximum Gasteiger partial charge on any atom is 0.306 e. The van der Waals surface area contributed by atoms with Gasteiger partial charge in [-0.1, -0.05) is 254 Å². The predicted molar refractivity (Wildman–Crippen MR) is 306 cm³/mol. The van der Waals surface area contributed by atoms with Crippen LogP contribution in [0, 0.1) is 0 Å². The molecule has 0 aromatic rings. The Labute approximate surface area is 449 Å². The van der Waals surface area contributed by atoms with E-state index in [9.17, 15) is 19.5 Å². The van der Waals surface area contributed by atoms with Crippen LogP contribution in [0.2, 0.25) is 0 Å². The normalized spacial score (nSPS) is 13.3. The molecule has 0 bridgehead atoms. The number of likely N-dealkylation sites (N-methyl/N-ethyl adjacent to an activating group) is 1. The van der Waals surface area contributed by atoms with Gasteiger partial charge in [0.2, 0.25) is 0 Å². The minimum atomic E-state index is -1.62. The van der Waals surface area contributed by atoms with Crippen molar-refractivity contribution in [3.63, 3.8) is 0 Å². The van der Waals surface area contributed by atoms with Gasteiger partial charge in [0.05, 0.1) is 40.3 Å². The molecule has 422 valence electrons. The summed E-state index contributed by atoms with van der Waals surface area (Å²) in [6.45, 7) is 4.65. The van der Waals surface area contributed by atoms with E-state index in [-0.39, 0.29) is 32.2 Å². The zero-order valence-electron chi connectivity index (χ0n) is 48.0. The number of allylic oxidation sites excluding steroid dienone is 12. The summed E-state index contributed by atoms with van der Waals surface area (Å²) in [6, 6.07) is 0. The van der Waals surface area contributed by atoms with Crippen molar-refractivity contribution in [3.8, 4) is 0 Å². The van der Waals surface area contributed by atoms with E-state index in [1.807, 2.05) is 21.1 Å². The highest BCUT2D eigenvalue weighted by Crippen LogP contribution is 2.17. The van der Waals surface area contributed by atoms with Crippen LogP contribution < -0.4 is 5.11 Å². The van der Waals surface area contributed by atoms with Crippen LogP contribution in [0.5, 0.6) is 0 Å². The Balaban J connectivity index is 4.13. The third kappa shape index (κ3) is 56.3. The molecule has 2 atom stereocenters. The van der Waals surface area contributed by atoms with Gasteiger partial charge in [-0.2, -0.15) is 0 Å². The number of rotatable bonds is 55. The average Bonchev–Trinajstić information content (AvgIpc) is 3.36. The number of quaternary nitrogens is 1. The van der Waals surface area contributed by atoms with Crippen LogP contribution >= 0.6 is 0 Å². The molecule has 0 rings (SSSR count). The number of hydrogen-bond acceptors (Lipinski definition) is 8. The molecular weight excluding hydrogens is 911 g/mol. The summed E-state index contributed by atoms with van der Waals surface area (Å²) in [5.41, 5.74) is 0. The van der Waals surface area contributed by atoms with Gasteiger partial charge in [-0.05, 0) is 64.2 Å². The molecule has 0 N–H and O–H groups in total. The molecule has 0 aromatic carbocycles. The van der Waals surface area contributed by atoms with Crippen LogP contribution in [0.15, 0.2) is 72.9 Å². The number of hydrogen-bond donors (Lipinski definition) is 0. The molecule has 9 nitrogen and oxygen atoms in total. The quantitative estimate of drug-likeness (QED) is 0.0195. The number of carboxylic acids is 1. The van der Waals surface area contributed by atoms with Gasteiger partial charge in [0.25, 0.3) is 0 Å². The highest BCUT2D eigenvalue weighted by Gasteiger charge is 2.22. The molecule has 0 saturated carbocycles. The zero-order chi connectivity index (χ0) is 53.4. The van der Waals surface area contributed by atoms with Gasteiger partial charge >= 0.3 is 11.9 Å². The molecule has 2 unspecified atom stereocenters. The van der Waals surface area contributed by atoms with Crippen molar-refractivity contribution >= 4 is 17.9 Å². The molecule has 0 saturated heterocycles. The summed E-state index contributed by atoms with van der Waals surface area (Å²) >= 11 is 0. The van der Waals surface area contributed by atoms with E-state index in [0.29, 0.717) is 23.9 Å². The Morgan fingerprint density at radius 3 is 1.16 bits per heavy atom. The van der Waals surface area contributed by atoms with Gasteiger partial charge in [-0.15, -0.1) is 0 Å². The highest BCUT2D eigenvalue weighted by molar-refractivity contribution is 5.70. The van der Waals surface area contributed by atoms with Gasteiger partial charge in [0.15, 0.2) is 12.4 Å². The van der Waals surface area contributed by atoms with Gasteiger partial charge in [0, 0.05) is 12.8 Å². The van der Waals surface area contributed by atoms with E-state index in [1.54, 1.807) is 0 Å². The SMILES string of the molecule is CC/C=C\C/C=C\C/C=C\C/C=C\C/C=C\C/C=C\CCCCCCCCCCCCCCCCC(=O)OC(COC(=O)CCCCCCCCCCCCCCCCC)COC(OCC[N+](C)(C)C)C(=O)[O-]. The van der Waals surface area contributed by atoms with Crippen molar-refractivity contribution < 1.29 is 42.9 Å². The van der Waals surface area contributed by atoms with Gasteiger partial charge in [-0.25, -0.2) is 0 Å². The molecule has 0 fully saturated rings. The van der Waals surface area contributed by atoms with Crippen LogP contribution in [-0.4, -0.2) is 82.3 Å². The number of esters is 2. The molecule has 0 aromatic heterocycles. The van der Waals surface area contributed by atoms with E-state index in [0.717, 1.165) is 77.0 Å².